The van der Waals surface area contributed by atoms with Crippen LogP contribution in [0.1, 0.15) is 11.8 Å². The minimum atomic E-state index is 0.605. The molecule has 17 heavy (non-hydrogen) atoms. The molecule has 0 fully saturated rings. The maximum absolute atomic E-state index is 5.87. The Morgan fingerprint density at radius 2 is 1.94 bits per heavy atom. The molecule has 1 aromatic heterocycles. The molecule has 0 amide bonds. The zero-order valence-electron chi connectivity index (χ0n) is 9.61. The molecule has 0 atom stereocenters. The van der Waals surface area contributed by atoms with Crippen LogP contribution in [0, 0.1) is 0 Å². The Kier molecular flexibility index (Phi) is 4.00. The third-order valence-electron chi connectivity index (χ3n) is 2.47. The predicted molar refractivity (Wildman–Crippen MR) is 77.5 cm³/mol. The highest BCUT2D eigenvalue weighted by Crippen LogP contribution is 2.30. The molecule has 0 radical (unpaired) electrons. The lowest BCUT2D eigenvalue weighted by molar-refractivity contribution is 1.15. The van der Waals surface area contributed by atoms with Crippen molar-refractivity contribution in [2.75, 3.05) is 6.54 Å². The Hall–Kier alpha value is -1.09. The van der Waals surface area contributed by atoms with Gasteiger partial charge in [0.2, 0.25) is 0 Å². The molecule has 88 valence electrons. The van der Waals surface area contributed by atoms with E-state index in [1.165, 1.54) is 20.9 Å². The van der Waals surface area contributed by atoms with E-state index in [2.05, 4.69) is 18.2 Å². The molecule has 0 aliphatic heterocycles. The SMILES string of the molecule is CC(=Cc1ccc(-c2ccc(Cl)cc2)s1)CN. The number of thiophene rings is 1. The summed E-state index contributed by atoms with van der Waals surface area (Å²) in [7, 11) is 0. The number of hydrogen-bond donors (Lipinski definition) is 1. The lowest BCUT2D eigenvalue weighted by atomic mass is 10.2. The molecule has 3 heteroatoms. The van der Waals surface area contributed by atoms with Crippen LogP contribution < -0.4 is 5.73 Å². The number of nitrogens with two attached hydrogens (primary N) is 1. The van der Waals surface area contributed by atoms with Gasteiger partial charge in [0.25, 0.3) is 0 Å². The minimum absolute atomic E-state index is 0.605. The van der Waals surface area contributed by atoms with Crippen LogP contribution in [-0.2, 0) is 0 Å². The molecule has 0 unspecified atom stereocenters. The Morgan fingerprint density at radius 3 is 2.59 bits per heavy atom. The topological polar surface area (TPSA) is 26.0 Å². The van der Waals surface area contributed by atoms with Crippen molar-refractivity contribution >= 4 is 29.0 Å². The van der Waals surface area contributed by atoms with E-state index in [0.29, 0.717) is 6.54 Å². The average molecular weight is 264 g/mol. The Balaban J connectivity index is 2.27. The van der Waals surface area contributed by atoms with E-state index in [0.717, 1.165) is 5.02 Å². The Bertz CT molecular complexity index is 525. The van der Waals surface area contributed by atoms with Gasteiger partial charge in [-0.3, -0.25) is 0 Å². The highest BCUT2D eigenvalue weighted by molar-refractivity contribution is 7.16. The lowest BCUT2D eigenvalue weighted by Gasteiger charge is -1.96. The normalized spacial score (nSPS) is 11.8. The van der Waals surface area contributed by atoms with Gasteiger partial charge in [-0.25, -0.2) is 0 Å². The summed E-state index contributed by atoms with van der Waals surface area (Å²) >= 11 is 7.63. The first-order valence-electron chi connectivity index (χ1n) is 5.42. The molecule has 0 spiro atoms. The van der Waals surface area contributed by atoms with E-state index < -0.39 is 0 Å². The van der Waals surface area contributed by atoms with E-state index in [9.17, 15) is 0 Å². The van der Waals surface area contributed by atoms with Gasteiger partial charge in [-0.05, 0) is 42.8 Å². The summed E-state index contributed by atoms with van der Waals surface area (Å²) in [4.78, 5) is 2.48. The van der Waals surface area contributed by atoms with Gasteiger partial charge in [0, 0.05) is 21.3 Å². The fourth-order valence-electron chi connectivity index (χ4n) is 1.50. The molecular formula is C14H14ClNS. The molecule has 2 aromatic rings. The largest absolute Gasteiger partial charge is 0.327 e. The van der Waals surface area contributed by atoms with Crippen molar-refractivity contribution < 1.29 is 0 Å². The summed E-state index contributed by atoms with van der Waals surface area (Å²) in [6.45, 7) is 2.65. The van der Waals surface area contributed by atoms with E-state index in [1.807, 2.05) is 31.2 Å². The summed E-state index contributed by atoms with van der Waals surface area (Å²) in [5, 5.41) is 0.768. The zero-order valence-corrected chi connectivity index (χ0v) is 11.2. The van der Waals surface area contributed by atoms with Crippen molar-refractivity contribution in [2.24, 2.45) is 5.73 Å². The number of hydrogen-bond acceptors (Lipinski definition) is 2. The molecule has 2 N–H and O–H groups in total. The minimum Gasteiger partial charge on any atom is -0.327 e. The van der Waals surface area contributed by atoms with Crippen LogP contribution in [0.25, 0.3) is 16.5 Å². The number of benzene rings is 1. The van der Waals surface area contributed by atoms with Crippen molar-refractivity contribution in [2.45, 2.75) is 6.92 Å². The van der Waals surface area contributed by atoms with Crippen LogP contribution in [-0.4, -0.2) is 6.54 Å². The summed E-state index contributed by atoms with van der Waals surface area (Å²) < 4.78 is 0. The molecule has 2 rings (SSSR count). The van der Waals surface area contributed by atoms with Crippen molar-refractivity contribution in [1.82, 2.24) is 0 Å². The second kappa shape index (κ2) is 5.50. The van der Waals surface area contributed by atoms with Crippen LogP contribution in [0.3, 0.4) is 0 Å². The molecule has 1 aromatic carbocycles. The van der Waals surface area contributed by atoms with Crippen molar-refractivity contribution in [3.05, 3.63) is 51.9 Å². The number of halogens is 1. The molecule has 1 nitrogen and oxygen atoms in total. The lowest BCUT2D eigenvalue weighted by Crippen LogP contribution is -1.98. The van der Waals surface area contributed by atoms with E-state index in [4.69, 9.17) is 17.3 Å². The standard InChI is InChI=1S/C14H14ClNS/c1-10(9-16)8-13-6-7-14(17-13)11-2-4-12(15)5-3-11/h2-8H,9,16H2,1H3. The summed E-state index contributed by atoms with van der Waals surface area (Å²) in [5.41, 5.74) is 7.96. The predicted octanol–water partition coefficient (Wildman–Crippen LogP) is 4.43. The van der Waals surface area contributed by atoms with Gasteiger partial charge in [-0.1, -0.05) is 29.3 Å². The first-order valence-corrected chi connectivity index (χ1v) is 6.61. The van der Waals surface area contributed by atoms with Crippen molar-refractivity contribution in [1.29, 1.82) is 0 Å². The summed E-state index contributed by atoms with van der Waals surface area (Å²) in [6, 6.07) is 12.2. The van der Waals surface area contributed by atoms with E-state index in [-0.39, 0.29) is 0 Å². The van der Waals surface area contributed by atoms with Crippen molar-refractivity contribution in [3.63, 3.8) is 0 Å². The van der Waals surface area contributed by atoms with Crippen LogP contribution >= 0.6 is 22.9 Å². The Morgan fingerprint density at radius 1 is 1.24 bits per heavy atom. The third kappa shape index (κ3) is 3.19. The molecule has 0 aliphatic rings. The quantitative estimate of drug-likeness (QED) is 0.871. The molecule has 0 saturated carbocycles. The highest BCUT2D eigenvalue weighted by Gasteiger charge is 2.01. The molecule has 0 saturated heterocycles. The Labute approximate surface area is 111 Å². The second-order valence-corrected chi connectivity index (χ2v) is 5.46. The summed E-state index contributed by atoms with van der Waals surface area (Å²) in [5.74, 6) is 0. The molecular weight excluding hydrogens is 250 g/mol. The first kappa shape index (κ1) is 12.4. The monoisotopic (exact) mass is 263 g/mol. The van der Waals surface area contributed by atoms with Gasteiger partial charge in [0.1, 0.15) is 0 Å². The average Bonchev–Trinajstić information content (AvgIpc) is 2.78. The van der Waals surface area contributed by atoms with Gasteiger partial charge in [-0.15, -0.1) is 11.3 Å². The molecule has 0 bridgehead atoms. The van der Waals surface area contributed by atoms with E-state index in [1.54, 1.807) is 11.3 Å². The fraction of sp³-hybridized carbons (Fsp3) is 0.143. The van der Waals surface area contributed by atoms with Crippen LogP contribution in [0.15, 0.2) is 42.0 Å². The van der Waals surface area contributed by atoms with Crippen molar-refractivity contribution in [3.8, 4) is 10.4 Å². The van der Waals surface area contributed by atoms with Gasteiger partial charge < -0.3 is 5.73 Å². The molecule has 1 heterocycles. The van der Waals surface area contributed by atoms with Crippen LogP contribution in [0.5, 0.6) is 0 Å². The van der Waals surface area contributed by atoms with Crippen LogP contribution in [0.4, 0.5) is 0 Å². The second-order valence-electron chi connectivity index (χ2n) is 3.90. The smallest absolute Gasteiger partial charge is 0.0406 e. The third-order valence-corrected chi connectivity index (χ3v) is 3.80. The zero-order chi connectivity index (χ0) is 12.3. The first-order chi connectivity index (χ1) is 8.19. The highest BCUT2D eigenvalue weighted by atomic mass is 35.5. The molecule has 0 aliphatic carbocycles. The van der Waals surface area contributed by atoms with Gasteiger partial charge in [0.15, 0.2) is 0 Å². The van der Waals surface area contributed by atoms with E-state index >= 15 is 0 Å². The van der Waals surface area contributed by atoms with Gasteiger partial charge >= 0.3 is 0 Å². The van der Waals surface area contributed by atoms with Crippen LogP contribution in [0.2, 0.25) is 5.02 Å². The van der Waals surface area contributed by atoms with Gasteiger partial charge in [-0.2, -0.15) is 0 Å². The fourth-order valence-corrected chi connectivity index (χ4v) is 2.67. The van der Waals surface area contributed by atoms with Gasteiger partial charge in [0.05, 0.1) is 0 Å². The number of rotatable bonds is 3. The maximum Gasteiger partial charge on any atom is 0.0406 e. The summed E-state index contributed by atoms with van der Waals surface area (Å²) in [6.07, 6.45) is 2.13. The maximum atomic E-state index is 5.87.